The summed E-state index contributed by atoms with van der Waals surface area (Å²) in [5.74, 6) is 0. The largest absolute Gasteiger partial charge is 0.471 e. The maximum Gasteiger partial charge on any atom is 0.471 e. The fourth-order valence-electron chi connectivity index (χ4n) is 3.74. The molecule has 4 heteroatoms. The lowest BCUT2D eigenvalue weighted by Crippen LogP contribution is -2.41. The molecule has 1 fully saturated rings. The van der Waals surface area contributed by atoms with Crippen LogP contribution in [-0.2, 0) is 9.31 Å². The van der Waals surface area contributed by atoms with Crippen LogP contribution in [0.3, 0.4) is 0 Å². The van der Waals surface area contributed by atoms with Crippen molar-refractivity contribution in [3.05, 3.63) is 96.6 Å². The van der Waals surface area contributed by atoms with Crippen molar-refractivity contribution < 1.29 is 9.31 Å². The van der Waals surface area contributed by atoms with Crippen molar-refractivity contribution in [3.63, 3.8) is 0 Å². The summed E-state index contributed by atoms with van der Waals surface area (Å²) in [6.07, 6.45) is 0. The Labute approximate surface area is 176 Å². The second kappa shape index (κ2) is 8.07. The molecule has 0 spiro atoms. The van der Waals surface area contributed by atoms with Gasteiger partial charge in [0, 0.05) is 5.56 Å². The maximum absolute atomic E-state index is 6.60. The zero-order valence-corrected chi connectivity index (χ0v) is 18.5. The lowest BCUT2D eigenvalue weighted by atomic mass is 9.80. The third-order valence-electron chi connectivity index (χ3n) is 6.02. The number of hydrogen-bond donors (Lipinski definition) is 0. The molecule has 1 atom stereocenters. The zero-order valence-electron chi connectivity index (χ0n) is 17.6. The molecule has 0 aliphatic carbocycles. The van der Waals surface area contributed by atoms with E-state index in [2.05, 4.69) is 119 Å². The van der Waals surface area contributed by atoms with E-state index < -0.39 is 7.92 Å². The molecule has 1 heterocycles. The normalized spacial score (nSPS) is 18.7. The van der Waals surface area contributed by atoms with E-state index in [9.17, 15) is 0 Å². The van der Waals surface area contributed by atoms with Crippen LogP contribution in [0.5, 0.6) is 0 Å². The Morgan fingerprint density at radius 1 is 0.621 bits per heavy atom. The average Bonchev–Trinajstić information content (AvgIpc) is 2.94. The predicted octanol–water partition coefficient (Wildman–Crippen LogP) is 5.49. The Morgan fingerprint density at radius 3 is 1.41 bits per heavy atom. The predicted molar refractivity (Wildman–Crippen MR) is 124 cm³/mol. The molecule has 0 aromatic heterocycles. The number of hydrogen-bond acceptors (Lipinski definition) is 2. The molecule has 2 nitrogen and oxygen atoms in total. The minimum atomic E-state index is -0.734. The maximum atomic E-state index is 6.60. The first-order valence-electron chi connectivity index (χ1n) is 10.2. The van der Waals surface area contributed by atoms with Gasteiger partial charge < -0.3 is 9.31 Å². The minimum absolute atomic E-state index is 0.0945. The van der Waals surface area contributed by atoms with Gasteiger partial charge in [-0.1, -0.05) is 91.0 Å². The first-order valence-corrected chi connectivity index (χ1v) is 11.6. The lowest BCUT2D eigenvalue weighted by molar-refractivity contribution is 0.00578. The summed E-state index contributed by atoms with van der Waals surface area (Å²) in [6.45, 7) is 8.51. The first kappa shape index (κ1) is 20.4. The molecule has 29 heavy (non-hydrogen) atoms. The summed E-state index contributed by atoms with van der Waals surface area (Å²) < 4.78 is 13.2. The molecule has 0 bridgehead atoms. The van der Waals surface area contributed by atoms with E-state index in [0.29, 0.717) is 0 Å². The molecule has 3 aromatic rings. The number of rotatable bonds is 5. The van der Waals surface area contributed by atoms with Crippen LogP contribution >= 0.6 is 7.92 Å². The molecule has 1 aliphatic heterocycles. The van der Waals surface area contributed by atoms with E-state index in [4.69, 9.17) is 9.31 Å². The fraction of sp³-hybridized carbons (Fsp3) is 0.280. The first-order chi connectivity index (χ1) is 13.9. The summed E-state index contributed by atoms with van der Waals surface area (Å²) in [5.41, 5.74) is 0.625. The smallest absolute Gasteiger partial charge is 0.403 e. The Balaban J connectivity index is 1.87. The van der Waals surface area contributed by atoms with E-state index in [0.717, 1.165) is 0 Å². The monoisotopic (exact) mass is 402 g/mol. The van der Waals surface area contributed by atoms with Crippen LogP contribution in [0.4, 0.5) is 0 Å². The SMILES string of the molecule is CC1(C)OB([C@H](c2ccccc2)P(c2ccccc2)c2ccccc2)OC1(C)C. The van der Waals surface area contributed by atoms with Gasteiger partial charge in [0.2, 0.25) is 0 Å². The van der Waals surface area contributed by atoms with Crippen LogP contribution in [0.1, 0.15) is 38.8 Å². The van der Waals surface area contributed by atoms with Crippen LogP contribution in [0, 0.1) is 0 Å². The van der Waals surface area contributed by atoms with E-state index >= 15 is 0 Å². The van der Waals surface area contributed by atoms with Crippen molar-refractivity contribution in [3.8, 4) is 0 Å². The molecule has 0 unspecified atom stereocenters. The molecule has 3 aromatic carbocycles. The molecule has 0 radical (unpaired) electrons. The summed E-state index contributed by atoms with van der Waals surface area (Å²) >= 11 is 0. The van der Waals surface area contributed by atoms with Gasteiger partial charge in [-0.05, 0) is 51.8 Å². The van der Waals surface area contributed by atoms with Gasteiger partial charge in [0.1, 0.15) is 0 Å². The lowest BCUT2D eigenvalue weighted by Gasteiger charge is -2.32. The highest BCUT2D eigenvalue weighted by Gasteiger charge is 2.55. The van der Waals surface area contributed by atoms with Gasteiger partial charge in [-0.25, -0.2) is 0 Å². The van der Waals surface area contributed by atoms with Crippen LogP contribution in [0.25, 0.3) is 0 Å². The van der Waals surface area contributed by atoms with Crippen molar-refractivity contribution in [2.24, 2.45) is 0 Å². The second-order valence-electron chi connectivity index (χ2n) is 8.52. The van der Waals surface area contributed by atoms with Crippen LogP contribution in [-0.4, -0.2) is 18.3 Å². The molecule has 1 aliphatic rings. The van der Waals surface area contributed by atoms with Crippen molar-refractivity contribution in [1.82, 2.24) is 0 Å². The van der Waals surface area contributed by atoms with E-state index in [1.165, 1.54) is 16.2 Å². The van der Waals surface area contributed by atoms with Crippen LogP contribution in [0.2, 0.25) is 0 Å². The van der Waals surface area contributed by atoms with Gasteiger partial charge in [-0.15, -0.1) is 0 Å². The quantitative estimate of drug-likeness (QED) is 0.415. The highest BCUT2D eigenvalue weighted by Crippen LogP contribution is 2.54. The molecule has 0 saturated carbocycles. The Hall–Kier alpha value is -1.93. The van der Waals surface area contributed by atoms with Crippen molar-refractivity contribution in [2.45, 2.75) is 44.5 Å². The number of benzene rings is 3. The molecular weight excluding hydrogens is 374 g/mol. The van der Waals surface area contributed by atoms with E-state index in [1.807, 2.05) is 0 Å². The second-order valence-corrected chi connectivity index (χ2v) is 10.9. The van der Waals surface area contributed by atoms with Gasteiger partial charge in [-0.3, -0.25) is 0 Å². The van der Waals surface area contributed by atoms with Gasteiger partial charge in [0.25, 0.3) is 0 Å². The standard InChI is InChI=1S/C25H28BO2P/c1-24(2)25(3,4)28-26(27-24)23(20-14-8-5-9-15-20)29(21-16-10-6-11-17-21)22-18-12-7-13-19-22/h5-19,23H,1-4H3/t23-/m0/s1. The van der Waals surface area contributed by atoms with Crippen molar-refractivity contribution in [1.29, 1.82) is 0 Å². The third kappa shape index (κ3) is 4.05. The van der Waals surface area contributed by atoms with Crippen molar-refractivity contribution >= 4 is 25.6 Å². The van der Waals surface area contributed by atoms with Gasteiger partial charge in [0.15, 0.2) is 0 Å². The molecular formula is C25H28BO2P. The van der Waals surface area contributed by atoms with Crippen LogP contribution < -0.4 is 10.6 Å². The van der Waals surface area contributed by atoms with Gasteiger partial charge >= 0.3 is 7.12 Å². The summed E-state index contributed by atoms with van der Waals surface area (Å²) in [7, 11) is -1.05. The summed E-state index contributed by atoms with van der Waals surface area (Å²) in [5, 5.41) is 2.66. The van der Waals surface area contributed by atoms with Crippen LogP contribution in [0.15, 0.2) is 91.0 Å². The van der Waals surface area contributed by atoms with Gasteiger partial charge in [0.05, 0.1) is 11.2 Å². The molecule has 4 rings (SSSR count). The molecule has 0 N–H and O–H groups in total. The fourth-order valence-corrected chi connectivity index (χ4v) is 6.51. The highest BCUT2D eigenvalue weighted by atomic mass is 31.1. The summed E-state index contributed by atoms with van der Waals surface area (Å²) in [4.78, 5) is 0. The topological polar surface area (TPSA) is 18.5 Å². The summed E-state index contributed by atoms with van der Waals surface area (Å²) in [6, 6.07) is 32.3. The van der Waals surface area contributed by atoms with E-state index in [1.54, 1.807) is 0 Å². The van der Waals surface area contributed by atoms with E-state index in [-0.39, 0.29) is 23.9 Å². The van der Waals surface area contributed by atoms with Gasteiger partial charge in [-0.2, -0.15) is 0 Å². The minimum Gasteiger partial charge on any atom is -0.403 e. The average molecular weight is 402 g/mol. The third-order valence-corrected chi connectivity index (χ3v) is 8.82. The molecule has 0 amide bonds. The van der Waals surface area contributed by atoms with Crippen molar-refractivity contribution in [2.75, 3.05) is 0 Å². The highest BCUT2D eigenvalue weighted by molar-refractivity contribution is 7.74. The Bertz CT molecular complexity index is 873. The molecule has 148 valence electrons. The Morgan fingerprint density at radius 2 is 1.00 bits per heavy atom. The zero-order chi connectivity index (χ0) is 20.5. The Kier molecular flexibility index (Phi) is 5.66. The molecule has 1 saturated heterocycles.